The Morgan fingerprint density at radius 2 is 1.95 bits per heavy atom. The van der Waals surface area contributed by atoms with Crippen molar-refractivity contribution in [2.75, 3.05) is 7.05 Å². The van der Waals surface area contributed by atoms with Crippen molar-refractivity contribution in [1.29, 1.82) is 0 Å². The molecule has 1 atom stereocenters. The summed E-state index contributed by atoms with van der Waals surface area (Å²) in [5, 5.41) is 2.48. The summed E-state index contributed by atoms with van der Waals surface area (Å²) >= 11 is 0. The van der Waals surface area contributed by atoms with Crippen molar-refractivity contribution in [2.45, 2.75) is 13.0 Å². The van der Waals surface area contributed by atoms with E-state index in [1.54, 1.807) is 0 Å². The van der Waals surface area contributed by atoms with Crippen LogP contribution >= 0.6 is 0 Å². The molecule has 0 bridgehead atoms. The highest BCUT2D eigenvalue weighted by molar-refractivity contribution is 5.99. The number of carbonyl (C=O) groups excluding carboxylic acids is 2. The SMILES string of the molecule is CNC(=O)c1[nH]c(C(N)=O)cc1O[C@@H](C)c1ccccc1. The minimum absolute atomic E-state index is 0.129. The fourth-order valence-electron chi connectivity index (χ4n) is 1.94. The van der Waals surface area contributed by atoms with Crippen molar-refractivity contribution in [3.8, 4) is 5.75 Å². The summed E-state index contributed by atoms with van der Waals surface area (Å²) in [5.41, 5.74) is 6.49. The van der Waals surface area contributed by atoms with Crippen LogP contribution < -0.4 is 15.8 Å². The van der Waals surface area contributed by atoms with E-state index in [0.29, 0.717) is 5.75 Å². The molecular formula is C15H17N3O3. The number of hydrogen-bond donors (Lipinski definition) is 3. The van der Waals surface area contributed by atoms with Crippen LogP contribution in [0.4, 0.5) is 0 Å². The smallest absolute Gasteiger partial charge is 0.271 e. The van der Waals surface area contributed by atoms with Gasteiger partial charge in [-0.1, -0.05) is 30.3 Å². The molecule has 21 heavy (non-hydrogen) atoms. The maximum absolute atomic E-state index is 11.8. The topological polar surface area (TPSA) is 97.2 Å². The Bertz CT molecular complexity index is 649. The van der Waals surface area contributed by atoms with Crippen molar-refractivity contribution < 1.29 is 14.3 Å². The predicted octanol–water partition coefficient (Wildman–Crippen LogP) is 1.61. The summed E-state index contributed by atoms with van der Waals surface area (Å²) in [6.07, 6.45) is -0.272. The lowest BCUT2D eigenvalue weighted by molar-refractivity contribution is 0.0952. The molecule has 0 saturated carbocycles. The molecule has 2 aromatic rings. The van der Waals surface area contributed by atoms with Gasteiger partial charge in [0.05, 0.1) is 0 Å². The minimum Gasteiger partial charge on any atom is -0.484 e. The zero-order valence-electron chi connectivity index (χ0n) is 11.8. The lowest BCUT2D eigenvalue weighted by Crippen LogP contribution is -2.20. The second kappa shape index (κ2) is 6.13. The highest BCUT2D eigenvalue weighted by Gasteiger charge is 2.20. The Balaban J connectivity index is 2.30. The van der Waals surface area contributed by atoms with Gasteiger partial charge in [-0.25, -0.2) is 0 Å². The van der Waals surface area contributed by atoms with Gasteiger partial charge in [-0.2, -0.15) is 0 Å². The fraction of sp³-hybridized carbons (Fsp3) is 0.200. The van der Waals surface area contributed by atoms with Crippen LogP contribution in [-0.2, 0) is 0 Å². The van der Waals surface area contributed by atoms with Gasteiger partial charge in [-0.15, -0.1) is 0 Å². The van der Waals surface area contributed by atoms with E-state index in [1.165, 1.54) is 13.1 Å². The molecule has 0 radical (unpaired) electrons. The van der Waals surface area contributed by atoms with E-state index in [1.807, 2.05) is 37.3 Å². The maximum Gasteiger partial charge on any atom is 0.271 e. The third kappa shape index (κ3) is 3.22. The first-order chi connectivity index (χ1) is 10.0. The summed E-state index contributed by atoms with van der Waals surface area (Å²) in [6, 6.07) is 11.0. The number of nitrogens with two attached hydrogens (primary N) is 1. The highest BCUT2D eigenvalue weighted by atomic mass is 16.5. The number of H-pyrrole nitrogens is 1. The number of hydrogen-bond acceptors (Lipinski definition) is 3. The number of amides is 2. The van der Waals surface area contributed by atoms with Crippen molar-refractivity contribution in [1.82, 2.24) is 10.3 Å². The van der Waals surface area contributed by atoms with E-state index in [-0.39, 0.29) is 23.4 Å². The molecule has 1 aromatic heterocycles. The highest BCUT2D eigenvalue weighted by Crippen LogP contribution is 2.26. The van der Waals surface area contributed by atoms with E-state index in [0.717, 1.165) is 5.56 Å². The average molecular weight is 287 g/mol. The molecule has 0 aliphatic carbocycles. The first kappa shape index (κ1) is 14.6. The molecule has 6 heteroatoms. The van der Waals surface area contributed by atoms with Crippen LogP contribution in [-0.4, -0.2) is 23.8 Å². The van der Waals surface area contributed by atoms with Gasteiger partial charge in [-0.05, 0) is 12.5 Å². The van der Waals surface area contributed by atoms with Crippen molar-refractivity contribution >= 4 is 11.8 Å². The molecule has 1 aromatic carbocycles. The number of primary amides is 1. The third-order valence-electron chi connectivity index (χ3n) is 3.07. The van der Waals surface area contributed by atoms with Gasteiger partial charge < -0.3 is 20.8 Å². The van der Waals surface area contributed by atoms with Crippen molar-refractivity contribution in [2.24, 2.45) is 5.73 Å². The number of ether oxygens (including phenoxy) is 1. The molecule has 0 aliphatic heterocycles. The molecule has 2 amide bonds. The lowest BCUT2D eigenvalue weighted by Gasteiger charge is -2.14. The molecule has 110 valence electrons. The Hall–Kier alpha value is -2.76. The van der Waals surface area contributed by atoms with Crippen LogP contribution in [0.1, 0.15) is 39.6 Å². The number of nitrogens with one attached hydrogen (secondary N) is 2. The number of carbonyl (C=O) groups is 2. The van der Waals surface area contributed by atoms with Crippen LogP contribution in [0.2, 0.25) is 0 Å². The fourth-order valence-corrected chi connectivity index (χ4v) is 1.94. The molecule has 0 aliphatic rings. The van der Waals surface area contributed by atoms with Gasteiger partial charge in [0.25, 0.3) is 11.8 Å². The molecule has 6 nitrogen and oxygen atoms in total. The van der Waals surface area contributed by atoms with E-state index >= 15 is 0 Å². The zero-order valence-corrected chi connectivity index (χ0v) is 11.8. The Labute approximate surface area is 122 Å². The number of rotatable bonds is 5. The lowest BCUT2D eigenvalue weighted by atomic mass is 10.1. The first-order valence-corrected chi connectivity index (χ1v) is 6.49. The zero-order chi connectivity index (χ0) is 15.4. The van der Waals surface area contributed by atoms with Crippen molar-refractivity contribution in [3.05, 3.63) is 53.3 Å². The van der Waals surface area contributed by atoms with Crippen LogP contribution in [0.3, 0.4) is 0 Å². The predicted molar refractivity (Wildman–Crippen MR) is 78.2 cm³/mol. The van der Waals surface area contributed by atoms with Gasteiger partial charge in [-0.3, -0.25) is 9.59 Å². The van der Waals surface area contributed by atoms with E-state index < -0.39 is 5.91 Å². The van der Waals surface area contributed by atoms with E-state index in [4.69, 9.17) is 10.5 Å². The average Bonchev–Trinajstić information content (AvgIpc) is 2.91. The third-order valence-corrected chi connectivity index (χ3v) is 3.07. The molecule has 4 N–H and O–H groups in total. The maximum atomic E-state index is 11.8. The quantitative estimate of drug-likeness (QED) is 0.779. The largest absolute Gasteiger partial charge is 0.484 e. The molecular weight excluding hydrogens is 270 g/mol. The summed E-state index contributed by atoms with van der Waals surface area (Å²) < 4.78 is 5.79. The summed E-state index contributed by atoms with van der Waals surface area (Å²) in [5.74, 6) is -0.736. The number of aromatic amines is 1. The molecule has 2 rings (SSSR count). The summed E-state index contributed by atoms with van der Waals surface area (Å²) in [6.45, 7) is 1.86. The van der Waals surface area contributed by atoms with Crippen LogP contribution in [0.15, 0.2) is 36.4 Å². The normalized spacial score (nSPS) is 11.7. The van der Waals surface area contributed by atoms with Gasteiger partial charge in [0.15, 0.2) is 5.75 Å². The second-order valence-electron chi connectivity index (χ2n) is 4.54. The molecule has 0 spiro atoms. The van der Waals surface area contributed by atoms with Gasteiger partial charge in [0.1, 0.15) is 17.5 Å². The standard InChI is InChI=1S/C15H17N3O3/c1-9(10-6-4-3-5-7-10)21-12-8-11(14(16)19)18-13(12)15(20)17-2/h3-9,18H,1-2H3,(H2,16,19)(H,17,20)/t9-/m0/s1. The molecule has 0 saturated heterocycles. The Kier molecular flexibility index (Phi) is 4.27. The van der Waals surface area contributed by atoms with Crippen LogP contribution in [0.25, 0.3) is 0 Å². The van der Waals surface area contributed by atoms with Gasteiger partial charge in [0.2, 0.25) is 0 Å². The molecule has 1 heterocycles. The minimum atomic E-state index is -0.651. The van der Waals surface area contributed by atoms with Gasteiger partial charge in [0, 0.05) is 13.1 Å². The van der Waals surface area contributed by atoms with Crippen LogP contribution in [0.5, 0.6) is 5.75 Å². The van der Waals surface area contributed by atoms with Crippen LogP contribution in [0, 0.1) is 0 Å². The first-order valence-electron chi connectivity index (χ1n) is 6.49. The van der Waals surface area contributed by atoms with E-state index in [9.17, 15) is 9.59 Å². The monoisotopic (exact) mass is 287 g/mol. The molecule has 0 fully saturated rings. The van der Waals surface area contributed by atoms with E-state index in [2.05, 4.69) is 10.3 Å². The van der Waals surface area contributed by atoms with Crippen molar-refractivity contribution in [3.63, 3.8) is 0 Å². The summed E-state index contributed by atoms with van der Waals surface area (Å²) in [7, 11) is 1.50. The number of aromatic nitrogens is 1. The Morgan fingerprint density at radius 1 is 1.29 bits per heavy atom. The van der Waals surface area contributed by atoms with Gasteiger partial charge >= 0.3 is 0 Å². The summed E-state index contributed by atoms with van der Waals surface area (Å²) in [4.78, 5) is 25.7. The number of benzene rings is 1. The molecule has 0 unspecified atom stereocenters. The second-order valence-corrected chi connectivity index (χ2v) is 4.54. The Morgan fingerprint density at radius 3 is 2.52 bits per heavy atom.